The molecule has 7 heteroatoms. The van der Waals surface area contributed by atoms with E-state index in [1.165, 1.54) is 6.07 Å². The van der Waals surface area contributed by atoms with Crippen molar-refractivity contribution in [1.29, 1.82) is 0 Å². The summed E-state index contributed by atoms with van der Waals surface area (Å²) in [4.78, 5) is 10.8. The van der Waals surface area contributed by atoms with E-state index in [0.29, 0.717) is 5.56 Å². The van der Waals surface area contributed by atoms with Crippen molar-refractivity contribution < 1.29 is 27.4 Å². The van der Waals surface area contributed by atoms with E-state index >= 15 is 0 Å². The Morgan fingerprint density at radius 2 is 1.91 bits per heavy atom. The summed E-state index contributed by atoms with van der Waals surface area (Å²) in [7, 11) is 1.15. The number of halogens is 4. The molecule has 0 aliphatic rings. The van der Waals surface area contributed by atoms with Gasteiger partial charge in [0.15, 0.2) is 0 Å². The van der Waals surface area contributed by atoms with E-state index in [1.807, 2.05) is 0 Å². The van der Waals surface area contributed by atoms with Crippen LogP contribution in [0, 0.1) is 0 Å². The zero-order chi connectivity index (χ0) is 17.1. The first-order valence-corrected chi connectivity index (χ1v) is 7.64. The van der Waals surface area contributed by atoms with Crippen LogP contribution in [0.1, 0.15) is 48.2 Å². The summed E-state index contributed by atoms with van der Waals surface area (Å²) in [5, 5.41) is 0. The minimum Gasteiger partial charge on any atom is -0.496 e. The largest absolute Gasteiger partial charge is 0.496 e. The standard InChI is InChI=1S/C15H18BrF3O3/c1-5-22-14(20)12(16)10-6-9(8(2)3)7-11(13(10)21-4)15(17,18)19/h6-8,12H,5H2,1-4H3. The smallest absolute Gasteiger partial charge is 0.419 e. The Hall–Kier alpha value is -1.24. The molecule has 3 nitrogen and oxygen atoms in total. The molecule has 0 radical (unpaired) electrons. The van der Waals surface area contributed by atoms with Crippen molar-refractivity contribution in [2.75, 3.05) is 13.7 Å². The van der Waals surface area contributed by atoms with Gasteiger partial charge >= 0.3 is 12.1 Å². The predicted molar refractivity (Wildman–Crippen MR) is 80.4 cm³/mol. The summed E-state index contributed by atoms with van der Waals surface area (Å²) >= 11 is 3.11. The molecule has 22 heavy (non-hydrogen) atoms. The van der Waals surface area contributed by atoms with Crippen molar-refractivity contribution in [3.8, 4) is 5.75 Å². The zero-order valence-electron chi connectivity index (χ0n) is 12.8. The van der Waals surface area contributed by atoms with Gasteiger partial charge in [0.05, 0.1) is 19.3 Å². The number of ether oxygens (including phenoxy) is 2. The highest BCUT2D eigenvalue weighted by Crippen LogP contribution is 2.44. The average molecular weight is 383 g/mol. The number of hydrogen-bond acceptors (Lipinski definition) is 3. The number of carbonyl (C=O) groups is 1. The van der Waals surface area contributed by atoms with Gasteiger partial charge in [0, 0.05) is 5.56 Å². The highest BCUT2D eigenvalue weighted by atomic mass is 79.9. The Kier molecular flexibility index (Phi) is 6.28. The lowest BCUT2D eigenvalue weighted by Gasteiger charge is -2.21. The monoisotopic (exact) mass is 382 g/mol. The van der Waals surface area contributed by atoms with E-state index in [4.69, 9.17) is 9.47 Å². The fraction of sp³-hybridized carbons (Fsp3) is 0.533. The third-order valence-corrected chi connectivity index (χ3v) is 3.95. The molecule has 0 saturated carbocycles. The molecule has 0 bridgehead atoms. The summed E-state index contributed by atoms with van der Waals surface area (Å²) in [6.07, 6.45) is -4.58. The Balaban J connectivity index is 3.53. The van der Waals surface area contributed by atoms with Gasteiger partial charge in [-0.25, -0.2) is 0 Å². The molecule has 0 spiro atoms. The van der Waals surface area contributed by atoms with Gasteiger partial charge in [-0.05, 0) is 24.5 Å². The zero-order valence-corrected chi connectivity index (χ0v) is 14.3. The average Bonchev–Trinajstić information content (AvgIpc) is 2.44. The molecule has 0 fully saturated rings. The first kappa shape index (κ1) is 18.8. The van der Waals surface area contributed by atoms with Crippen molar-refractivity contribution in [2.24, 2.45) is 0 Å². The van der Waals surface area contributed by atoms with Gasteiger partial charge in [0.25, 0.3) is 0 Å². The molecule has 0 amide bonds. The molecule has 1 aromatic carbocycles. The van der Waals surface area contributed by atoms with E-state index in [9.17, 15) is 18.0 Å². The first-order chi connectivity index (χ1) is 10.1. The lowest BCUT2D eigenvalue weighted by Crippen LogP contribution is -2.16. The fourth-order valence-corrected chi connectivity index (χ4v) is 2.45. The van der Waals surface area contributed by atoms with Gasteiger partial charge in [-0.1, -0.05) is 35.8 Å². The molecule has 0 aromatic heterocycles. The quantitative estimate of drug-likeness (QED) is 0.540. The van der Waals surface area contributed by atoms with Crippen LogP contribution in [0.25, 0.3) is 0 Å². The molecular weight excluding hydrogens is 365 g/mol. The normalized spacial score (nSPS) is 13.1. The van der Waals surface area contributed by atoms with Gasteiger partial charge in [0.2, 0.25) is 0 Å². The second kappa shape index (κ2) is 7.35. The van der Waals surface area contributed by atoms with Crippen LogP contribution < -0.4 is 4.74 Å². The molecule has 0 saturated heterocycles. The number of esters is 1. The third-order valence-electron chi connectivity index (χ3n) is 3.08. The van der Waals surface area contributed by atoms with E-state index < -0.39 is 22.5 Å². The summed E-state index contributed by atoms with van der Waals surface area (Å²) in [6, 6.07) is 2.59. The number of rotatable bonds is 5. The minimum atomic E-state index is -4.58. The van der Waals surface area contributed by atoms with Crippen LogP contribution in [-0.2, 0) is 15.7 Å². The number of methoxy groups -OCH3 is 1. The van der Waals surface area contributed by atoms with Crippen molar-refractivity contribution in [1.82, 2.24) is 0 Å². The van der Waals surface area contributed by atoms with Crippen LogP contribution >= 0.6 is 15.9 Å². The highest BCUT2D eigenvalue weighted by molar-refractivity contribution is 9.09. The second-order valence-corrected chi connectivity index (χ2v) is 5.87. The SMILES string of the molecule is CCOC(=O)C(Br)c1cc(C(C)C)cc(C(F)(F)F)c1OC. The Morgan fingerprint density at radius 3 is 2.32 bits per heavy atom. The molecule has 1 unspecified atom stereocenters. The molecule has 0 aliphatic carbocycles. The Labute approximate surface area is 135 Å². The maximum Gasteiger partial charge on any atom is 0.419 e. The number of benzene rings is 1. The van der Waals surface area contributed by atoms with Crippen LogP contribution in [0.15, 0.2) is 12.1 Å². The molecule has 0 aliphatic heterocycles. The number of hydrogen-bond donors (Lipinski definition) is 0. The summed E-state index contributed by atoms with van der Waals surface area (Å²) < 4.78 is 49.6. The molecule has 0 heterocycles. The van der Waals surface area contributed by atoms with Gasteiger partial charge in [-0.2, -0.15) is 13.2 Å². The van der Waals surface area contributed by atoms with Gasteiger partial charge in [0.1, 0.15) is 10.6 Å². The number of carbonyl (C=O) groups excluding carboxylic acids is 1. The van der Waals surface area contributed by atoms with E-state index in [-0.39, 0.29) is 23.8 Å². The summed E-state index contributed by atoms with van der Waals surface area (Å²) in [6.45, 7) is 5.32. The maximum atomic E-state index is 13.3. The van der Waals surface area contributed by atoms with Crippen LogP contribution in [0.3, 0.4) is 0 Å². The molecule has 0 N–H and O–H groups in total. The van der Waals surface area contributed by atoms with Gasteiger partial charge in [-0.3, -0.25) is 4.79 Å². The van der Waals surface area contributed by atoms with E-state index in [1.54, 1.807) is 20.8 Å². The summed E-state index contributed by atoms with van der Waals surface area (Å²) in [5.74, 6) is -1.16. The van der Waals surface area contributed by atoms with Crippen molar-refractivity contribution in [3.63, 3.8) is 0 Å². The fourth-order valence-electron chi connectivity index (χ4n) is 1.98. The lowest BCUT2D eigenvalue weighted by atomic mass is 9.95. The van der Waals surface area contributed by atoms with Crippen molar-refractivity contribution in [2.45, 2.75) is 37.7 Å². The summed E-state index contributed by atoms with van der Waals surface area (Å²) in [5.41, 5.74) is -0.318. The Morgan fingerprint density at radius 1 is 1.32 bits per heavy atom. The van der Waals surface area contributed by atoms with Crippen LogP contribution in [0.2, 0.25) is 0 Å². The van der Waals surface area contributed by atoms with Gasteiger partial charge in [-0.15, -0.1) is 0 Å². The topological polar surface area (TPSA) is 35.5 Å². The molecular formula is C15H18BrF3O3. The van der Waals surface area contributed by atoms with Gasteiger partial charge < -0.3 is 9.47 Å². The van der Waals surface area contributed by atoms with E-state index in [0.717, 1.165) is 13.2 Å². The first-order valence-electron chi connectivity index (χ1n) is 6.73. The molecule has 1 rings (SSSR count). The highest BCUT2D eigenvalue weighted by Gasteiger charge is 2.38. The molecule has 1 atom stereocenters. The van der Waals surface area contributed by atoms with Crippen LogP contribution in [0.4, 0.5) is 13.2 Å². The molecule has 124 valence electrons. The van der Waals surface area contributed by atoms with Crippen LogP contribution in [-0.4, -0.2) is 19.7 Å². The van der Waals surface area contributed by atoms with E-state index in [2.05, 4.69) is 15.9 Å². The maximum absolute atomic E-state index is 13.3. The third kappa shape index (κ3) is 4.15. The lowest BCUT2D eigenvalue weighted by molar-refractivity contribution is -0.143. The van der Waals surface area contributed by atoms with Crippen LogP contribution in [0.5, 0.6) is 5.75 Å². The van der Waals surface area contributed by atoms with Crippen molar-refractivity contribution in [3.05, 3.63) is 28.8 Å². The molecule has 1 aromatic rings. The Bertz CT molecular complexity index is 542. The second-order valence-electron chi connectivity index (χ2n) is 4.96. The van der Waals surface area contributed by atoms with Crippen molar-refractivity contribution >= 4 is 21.9 Å². The predicted octanol–water partition coefficient (Wildman–Crippen LogP) is 4.84. The number of alkyl halides is 4. The minimum absolute atomic E-state index is 0.111.